The van der Waals surface area contributed by atoms with Crippen LogP contribution in [0, 0.1) is 6.92 Å². The second-order valence-electron chi connectivity index (χ2n) is 10.4. The van der Waals surface area contributed by atoms with Gasteiger partial charge in [0.15, 0.2) is 0 Å². The van der Waals surface area contributed by atoms with Gasteiger partial charge in [0.2, 0.25) is 5.88 Å². The Balaban J connectivity index is 1.45. The molecule has 202 valence electrons. The number of carbonyl (C=O) groups excluding carboxylic acids is 1. The maximum Gasteiger partial charge on any atom is 0.322 e. The summed E-state index contributed by atoms with van der Waals surface area (Å²) >= 11 is 0. The molecular formula is C30H39N5O3. The number of morpholine rings is 1. The number of benzene rings is 2. The predicted molar refractivity (Wildman–Crippen MR) is 150 cm³/mol. The van der Waals surface area contributed by atoms with Gasteiger partial charge in [-0.1, -0.05) is 53.2 Å². The van der Waals surface area contributed by atoms with Crippen molar-refractivity contribution in [3.8, 4) is 11.3 Å². The molecule has 2 aliphatic heterocycles. The summed E-state index contributed by atoms with van der Waals surface area (Å²) in [4.78, 5) is 20.3. The third-order valence-electron chi connectivity index (χ3n) is 7.61. The smallest absolute Gasteiger partial charge is 0.322 e. The fourth-order valence-electron chi connectivity index (χ4n) is 5.26. The summed E-state index contributed by atoms with van der Waals surface area (Å²) in [5, 5.41) is 7.67. The number of rotatable bonds is 8. The summed E-state index contributed by atoms with van der Waals surface area (Å²) < 4.78 is 11.6. The largest absolute Gasteiger partial charge is 0.379 e. The second kappa shape index (κ2) is 12.5. The zero-order valence-corrected chi connectivity index (χ0v) is 22.6. The molecule has 38 heavy (non-hydrogen) atoms. The Bertz CT molecular complexity index is 1170. The molecule has 0 aliphatic carbocycles. The molecule has 1 aromatic heterocycles. The lowest BCUT2D eigenvalue weighted by Gasteiger charge is -2.34. The number of hydrogen-bond acceptors (Lipinski definition) is 6. The van der Waals surface area contributed by atoms with E-state index in [0.29, 0.717) is 19.1 Å². The van der Waals surface area contributed by atoms with Crippen LogP contribution in [0.4, 0.5) is 16.4 Å². The summed E-state index contributed by atoms with van der Waals surface area (Å²) in [7, 11) is 0. The van der Waals surface area contributed by atoms with E-state index in [2.05, 4.69) is 39.3 Å². The van der Waals surface area contributed by atoms with Crippen LogP contribution in [0.25, 0.3) is 11.3 Å². The van der Waals surface area contributed by atoms with Crippen LogP contribution in [0.15, 0.2) is 59.1 Å². The minimum absolute atomic E-state index is 0.125. The van der Waals surface area contributed by atoms with Gasteiger partial charge in [-0.2, -0.15) is 0 Å². The Labute approximate surface area is 225 Å². The molecule has 0 spiro atoms. The fraction of sp³-hybridized carbons (Fsp3) is 0.467. The third-order valence-corrected chi connectivity index (χ3v) is 7.61. The van der Waals surface area contributed by atoms with Gasteiger partial charge in [-0.3, -0.25) is 4.90 Å². The number of aromatic nitrogens is 1. The van der Waals surface area contributed by atoms with Crippen molar-refractivity contribution in [3.05, 3.63) is 65.7 Å². The van der Waals surface area contributed by atoms with Crippen LogP contribution in [0.2, 0.25) is 0 Å². The van der Waals surface area contributed by atoms with E-state index in [9.17, 15) is 4.79 Å². The quantitative estimate of drug-likeness (QED) is 0.432. The first-order valence-electron chi connectivity index (χ1n) is 13.8. The van der Waals surface area contributed by atoms with Crippen molar-refractivity contribution >= 4 is 17.6 Å². The van der Waals surface area contributed by atoms with E-state index in [0.717, 1.165) is 86.2 Å². The molecule has 5 rings (SSSR count). The normalized spacial score (nSPS) is 18.4. The van der Waals surface area contributed by atoms with E-state index in [1.165, 1.54) is 6.42 Å². The number of amides is 2. The highest BCUT2D eigenvalue weighted by molar-refractivity contribution is 5.89. The van der Waals surface area contributed by atoms with Crippen LogP contribution < -0.4 is 10.2 Å². The Morgan fingerprint density at radius 1 is 1.05 bits per heavy atom. The van der Waals surface area contributed by atoms with E-state index in [-0.39, 0.29) is 6.03 Å². The topological polar surface area (TPSA) is 74.1 Å². The molecule has 2 aromatic carbocycles. The van der Waals surface area contributed by atoms with Gasteiger partial charge in [0, 0.05) is 50.0 Å². The van der Waals surface area contributed by atoms with Gasteiger partial charge in [-0.15, -0.1) is 0 Å². The molecule has 8 nitrogen and oxygen atoms in total. The molecule has 2 amide bonds. The van der Waals surface area contributed by atoms with Crippen molar-refractivity contribution in [2.75, 3.05) is 56.2 Å². The Hall–Kier alpha value is -3.36. The van der Waals surface area contributed by atoms with Crippen molar-refractivity contribution < 1.29 is 14.1 Å². The molecule has 2 saturated heterocycles. The van der Waals surface area contributed by atoms with Crippen LogP contribution in [0.3, 0.4) is 0 Å². The lowest BCUT2D eigenvalue weighted by atomic mass is 10.0. The fourth-order valence-corrected chi connectivity index (χ4v) is 5.26. The molecule has 0 saturated carbocycles. The predicted octanol–water partition coefficient (Wildman–Crippen LogP) is 5.40. The highest BCUT2D eigenvalue weighted by atomic mass is 16.5. The van der Waals surface area contributed by atoms with E-state index >= 15 is 0 Å². The summed E-state index contributed by atoms with van der Waals surface area (Å²) in [6, 6.07) is 18.3. The van der Waals surface area contributed by atoms with Crippen molar-refractivity contribution in [3.63, 3.8) is 0 Å². The van der Waals surface area contributed by atoms with Crippen LogP contribution in [-0.2, 0) is 11.3 Å². The van der Waals surface area contributed by atoms with Crippen LogP contribution >= 0.6 is 0 Å². The summed E-state index contributed by atoms with van der Waals surface area (Å²) in [5.74, 6) is 0.788. The van der Waals surface area contributed by atoms with Gasteiger partial charge >= 0.3 is 6.03 Å². The minimum atomic E-state index is -0.125. The third kappa shape index (κ3) is 6.37. The van der Waals surface area contributed by atoms with Gasteiger partial charge in [0.05, 0.1) is 25.3 Å². The number of nitrogens with zero attached hydrogens (tertiary/aromatic N) is 4. The second-order valence-corrected chi connectivity index (χ2v) is 10.4. The number of piperidine rings is 1. The number of carbonyl (C=O) groups is 1. The first kappa shape index (κ1) is 26.3. The average molecular weight is 518 g/mol. The number of urea groups is 1. The molecule has 1 atom stereocenters. The van der Waals surface area contributed by atoms with Crippen molar-refractivity contribution in [2.24, 2.45) is 0 Å². The number of anilines is 2. The molecule has 1 N–H and O–H groups in total. The highest BCUT2D eigenvalue weighted by Crippen LogP contribution is 2.35. The molecule has 8 heteroatoms. The number of ether oxygens (including phenoxy) is 1. The number of nitrogens with one attached hydrogen (secondary N) is 1. The van der Waals surface area contributed by atoms with Gasteiger partial charge in [-0.25, -0.2) is 4.79 Å². The van der Waals surface area contributed by atoms with E-state index < -0.39 is 0 Å². The number of aryl methyl sites for hydroxylation is 1. The number of hydrogen-bond donors (Lipinski definition) is 1. The zero-order valence-electron chi connectivity index (χ0n) is 22.6. The van der Waals surface area contributed by atoms with Crippen LogP contribution in [0.5, 0.6) is 0 Å². The lowest BCUT2D eigenvalue weighted by Crippen LogP contribution is -2.44. The van der Waals surface area contributed by atoms with Crippen molar-refractivity contribution in [1.82, 2.24) is 15.0 Å². The average Bonchev–Trinajstić information content (AvgIpc) is 3.36. The summed E-state index contributed by atoms with van der Waals surface area (Å²) in [6.07, 6.45) is 3.46. The Kier molecular flexibility index (Phi) is 8.61. The van der Waals surface area contributed by atoms with Crippen molar-refractivity contribution in [2.45, 2.75) is 45.7 Å². The highest BCUT2D eigenvalue weighted by Gasteiger charge is 2.30. The standard InChI is InChI=1S/C30H39N5O3/c1-23-11-13-26(14-12-23)31-30(36)34(17-16-33-18-20-37-21-19-33)22-27-28(25-9-4-3-5-10-25)32-38-29(27)35-15-7-6-8-24(35)2/h3-5,9-14,24H,6-8,15-22H2,1-2H3,(H,31,36). The van der Waals surface area contributed by atoms with E-state index in [1.807, 2.05) is 54.3 Å². The van der Waals surface area contributed by atoms with Gasteiger partial charge in [0.25, 0.3) is 0 Å². The van der Waals surface area contributed by atoms with Crippen molar-refractivity contribution in [1.29, 1.82) is 0 Å². The van der Waals surface area contributed by atoms with Gasteiger partial charge < -0.3 is 24.4 Å². The SMILES string of the molecule is Cc1ccc(NC(=O)N(CCN2CCOCC2)Cc2c(-c3ccccc3)noc2N2CCCCC2C)cc1. The monoisotopic (exact) mass is 517 g/mol. The van der Waals surface area contributed by atoms with Crippen LogP contribution in [-0.4, -0.2) is 73.0 Å². The first-order valence-corrected chi connectivity index (χ1v) is 13.8. The first-order chi connectivity index (χ1) is 18.6. The maximum absolute atomic E-state index is 13.7. The molecule has 3 aromatic rings. The van der Waals surface area contributed by atoms with Crippen LogP contribution in [0.1, 0.15) is 37.3 Å². The molecule has 2 fully saturated rings. The molecule has 2 aliphatic rings. The van der Waals surface area contributed by atoms with Gasteiger partial charge in [-0.05, 0) is 45.2 Å². The Morgan fingerprint density at radius 3 is 2.55 bits per heavy atom. The molecule has 0 radical (unpaired) electrons. The summed E-state index contributed by atoms with van der Waals surface area (Å²) in [5.41, 5.74) is 4.71. The zero-order chi connectivity index (χ0) is 26.3. The maximum atomic E-state index is 13.7. The summed E-state index contributed by atoms with van der Waals surface area (Å²) in [6.45, 7) is 10.2. The van der Waals surface area contributed by atoms with E-state index in [1.54, 1.807) is 0 Å². The molecule has 3 heterocycles. The lowest BCUT2D eigenvalue weighted by molar-refractivity contribution is 0.0349. The minimum Gasteiger partial charge on any atom is -0.379 e. The molecule has 0 bridgehead atoms. The van der Waals surface area contributed by atoms with Gasteiger partial charge in [0.1, 0.15) is 5.69 Å². The Morgan fingerprint density at radius 2 is 1.82 bits per heavy atom. The molecular weight excluding hydrogens is 478 g/mol. The molecule has 1 unspecified atom stereocenters. The van der Waals surface area contributed by atoms with E-state index in [4.69, 9.17) is 9.26 Å².